The molecule has 0 spiro atoms. The molecule has 0 aliphatic rings. The van der Waals surface area contributed by atoms with Gasteiger partial charge in [0.25, 0.3) is 0 Å². The Balaban J connectivity index is 3.90. The SMILES string of the molecule is CC(C)(C)c1[nH]c(C(C)(C)C)c(C(C)(C)C)c(=O)c1O. The molecule has 0 bridgehead atoms. The number of rotatable bonds is 0. The van der Waals surface area contributed by atoms with E-state index >= 15 is 0 Å². The van der Waals surface area contributed by atoms with Crippen LogP contribution in [0.25, 0.3) is 0 Å². The van der Waals surface area contributed by atoms with Gasteiger partial charge in [0.2, 0.25) is 5.43 Å². The molecule has 1 rings (SSSR count). The van der Waals surface area contributed by atoms with Crippen molar-refractivity contribution in [2.24, 2.45) is 0 Å². The van der Waals surface area contributed by atoms with Crippen LogP contribution in [0, 0.1) is 0 Å². The van der Waals surface area contributed by atoms with E-state index in [1.165, 1.54) is 0 Å². The van der Waals surface area contributed by atoms with Crippen molar-refractivity contribution in [3.8, 4) is 5.75 Å². The standard InChI is InChI=1S/C17H29NO2/c1-15(2,3)10-11(19)12(20)14(17(7,8)9)18-13(10)16(4,5)6/h20H,1-9H3,(H,18,19). The first-order chi connectivity index (χ1) is 8.67. The second-order valence-electron chi connectivity index (χ2n) is 8.68. The molecule has 20 heavy (non-hydrogen) atoms. The Bertz CT molecular complexity index is 561. The van der Waals surface area contributed by atoms with E-state index < -0.39 is 0 Å². The molecule has 0 aliphatic carbocycles. The summed E-state index contributed by atoms with van der Waals surface area (Å²) >= 11 is 0. The predicted molar refractivity (Wildman–Crippen MR) is 84.8 cm³/mol. The first-order valence-corrected chi connectivity index (χ1v) is 7.18. The summed E-state index contributed by atoms with van der Waals surface area (Å²) in [5.74, 6) is -0.143. The van der Waals surface area contributed by atoms with Gasteiger partial charge in [0, 0.05) is 22.1 Å². The van der Waals surface area contributed by atoms with Crippen LogP contribution < -0.4 is 5.43 Å². The van der Waals surface area contributed by atoms with Gasteiger partial charge in [-0.15, -0.1) is 0 Å². The van der Waals surface area contributed by atoms with E-state index in [1.807, 2.05) is 41.5 Å². The Hall–Kier alpha value is -1.25. The summed E-state index contributed by atoms with van der Waals surface area (Å²) in [6, 6.07) is 0. The third kappa shape index (κ3) is 3.08. The molecule has 0 aromatic carbocycles. The Labute approximate surface area is 122 Å². The van der Waals surface area contributed by atoms with Crippen LogP contribution in [-0.4, -0.2) is 10.1 Å². The number of aromatic hydroxyl groups is 1. The summed E-state index contributed by atoms with van der Waals surface area (Å²) in [5.41, 5.74) is 1.15. The largest absolute Gasteiger partial charge is 0.503 e. The number of pyridine rings is 1. The zero-order valence-corrected chi connectivity index (χ0v) is 14.4. The van der Waals surface area contributed by atoms with E-state index in [0.717, 1.165) is 5.69 Å². The van der Waals surface area contributed by atoms with Gasteiger partial charge in [-0.1, -0.05) is 62.3 Å². The molecule has 2 N–H and O–H groups in total. The molecule has 0 unspecified atom stereocenters. The third-order valence-electron chi connectivity index (χ3n) is 3.43. The number of nitrogens with one attached hydrogen (secondary N) is 1. The van der Waals surface area contributed by atoms with E-state index in [4.69, 9.17) is 0 Å². The zero-order valence-electron chi connectivity index (χ0n) is 14.4. The lowest BCUT2D eigenvalue weighted by Gasteiger charge is -2.32. The van der Waals surface area contributed by atoms with Crippen LogP contribution in [0.1, 0.15) is 79.3 Å². The van der Waals surface area contributed by atoms with Gasteiger partial charge < -0.3 is 10.1 Å². The predicted octanol–water partition coefficient (Wildman–Crippen LogP) is 3.97. The van der Waals surface area contributed by atoms with E-state index in [0.29, 0.717) is 11.3 Å². The first kappa shape index (κ1) is 16.8. The van der Waals surface area contributed by atoms with Crippen molar-refractivity contribution in [2.75, 3.05) is 0 Å². The van der Waals surface area contributed by atoms with E-state index in [-0.39, 0.29) is 27.4 Å². The van der Waals surface area contributed by atoms with Crippen LogP contribution in [0.3, 0.4) is 0 Å². The van der Waals surface area contributed by atoms with Gasteiger partial charge in [0.1, 0.15) is 0 Å². The lowest BCUT2D eigenvalue weighted by Crippen LogP contribution is -2.33. The molecule has 0 saturated heterocycles. The fourth-order valence-electron chi connectivity index (χ4n) is 2.41. The van der Waals surface area contributed by atoms with Crippen molar-refractivity contribution in [2.45, 2.75) is 78.6 Å². The number of H-pyrrole nitrogens is 1. The lowest BCUT2D eigenvalue weighted by molar-refractivity contribution is 0.416. The van der Waals surface area contributed by atoms with Gasteiger partial charge in [-0.2, -0.15) is 0 Å². The van der Waals surface area contributed by atoms with Crippen LogP contribution in [-0.2, 0) is 16.2 Å². The van der Waals surface area contributed by atoms with Crippen LogP contribution in [0.15, 0.2) is 4.79 Å². The normalized spacial score (nSPS) is 13.7. The summed E-state index contributed by atoms with van der Waals surface area (Å²) in [4.78, 5) is 16.0. The minimum absolute atomic E-state index is 0.143. The average molecular weight is 279 g/mol. The highest BCUT2D eigenvalue weighted by molar-refractivity contribution is 5.43. The quantitative estimate of drug-likeness (QED) is 0.755. The lowest BCUT2D eigenvalue weighted by atomic mass is 9.76. The van der Waals surface area contributed by atoms with Crippen molar-refractivity contribution in [3.63, 3.8) is 0 Å². The smallest absolute Gasteiger partial charge is 0.227 e. The van der Waals surface area contributed by atoms with Crippen LogP contribution in [0.5, 0.6) is 5.75 Å². The molecular formula is C17H29NO2. The number of aromatic amines is 1. The van der Waals surface area contributed by atoms with Crippen LogP contribution in [0.4, 0.5) is 0 Å². The number of hydrogen-bond acceptors (Lipinski definition) is 2. The summed E-state index contributed by atoms with van der Waals surface area (Å²) in [6.45, 7) is 18.2. The van der Waals surface area contributed by atoms with Crippen molar-refractivity contribution in [1.82, 2.24) is 4.98 Å². The maximum absolute atomic E-state index is 12.7. The molecule has 0 radical (unpaired) electrons. The molecular weight excluding hydrogens is 250 g/mol. The Kier molecular flexibility index (Phi) is 3.90. The van der Waals surface area contributed by atoms with Gasteiger partial charge in [-0.3, -0.25) is 4.79 Å². The van der Waals surface area contributed by atoms with Crippen molar-refractivity contribution in [3.05, 3.63) is 27.2 Å². The molecule has 3 heteroatoms. The van der Waals surface area contributed by atoms with E-state index in [9.17, 15) is 9.90 Å². The zero-order chi connectivity index (χ0) is 16.1. The molecule has 0 amide bonds. The molecule has 1 aromatic heterocycles. The monoisotopic (exact) mass is 279 g/mol. The van der Waals surface area contributed by atoms with E-state index in [2.05, 4.69) is 25.8 Å². The molecule has 0 fully saturated rings. The summed E-state index contributed by atoms with van der Waals surface area (Å²) in [5, 5.41) is 10.3. The minimum Gasteiger partial charge on any atom is -0.503 e. The maximum atomic E-state index is 12.7. The van der Waals surface area contributed by atoms with Gasteiger partial charge in [0.15, 0.2) is 5.75 Å². The highest BCUT2D eigenvalue weighted by Crippen LogP contribution is 2.35. The van der Waals surface area contributed by atoms with Gasteiger partial charge in [0.05, 0.1) is 5.69 Å². The molecule has 1 heterocycles. The highest BCUT2D eigenvalue weighted by Gasteiger charge is 2.33. The molecule has 0 atom stereocenters. The minimum atomic E-state index is -0.315. The Morgan fingerprint density at radius 3 is 1.45 bits per heavy atom. The molecule has 114 valence electrons. The van der Waals surface area contributed by atoms with E-state index in [1.54, 1.807) is 0 Å². The van der Waals surface area contributed by atoms with Crippen LogP contribution in [0.2, 0.25) is 0 Å². The van der Waals surface area contributed by atoms with Gasteiger partial charge in [-0.25, -0.2) is 0 Å². The van der Waals surface area contributed by atoms with Crippen molar-refractivity contribution in [1.29, 1.82) is 0 Å². The van der Waals surface area contributed by atoms with Crippen molar-refractivity contribution >= 4 is 0 Å². The first-order valence-electron chi connectivity index (χ1n) is 7.18. The molecule has 1 aromatic rings. The molecule has 0 saturated carbocycles. The Morgan fingerprint density at radius 2 is 1.15 bits per heavy atom. The fourth-order valence-corrected chi connectivity index (χ4v) is 2.41. The summed E-state index contributed by atoms with van der Waals surface area (Å²) in [7, 11) is 0. The highest BCUT2D eigenvalue weighted by atomic mass is 16.3. The second-order valence-corrected chi connectivity index (χ2v) is 8.68. The topological polar surface area (TPSA) is 53.1 Å². The average Bonchev–Trinajstić information content (AvgIpc) is 2.15. The van der Waals surface area contributed by atoms with Gasteiger partial charge >= 0.3 is 0 Å². The molecule has 3 nitrogen and oxygen atoms in total. The maximum Gasteiger partial charge on any atom is 0.227 e. The van der Waals surface area contributed by atoms with Gasteiger partial charge in [-0.05, 0) is 5.41 Å². The summed E-state index contributed by atoms with van der Waals surface area (Å²) in [6.07, 6.45) is 0. The molecule has 0 aliphatic heterocycles. The Morgan fingerprint density at radius 1 is 0.750 bits per heavy atom. The second kappa shape index (κ2) is 4.64. The van der Waals surface area contributed by atoms with Crippen LogP contribution >= 0.6 is 0 Å². The third-order valence-corrected chi connectivity index (χ3v) is 3.43. The number of hydrogen-bond donors (Lipinski definition) is 2. The number of aromatic nitrogens is 1. The summed E-state index contributed by atoms with van der Waals surface area (Å²) < 4.78 is 0. The fraction of sp³-hybridized carbons (Fsp3) is 0.706. The van der Waals surface area contributed by atoms with Crippen molar-refractivity contribution < 1.29 is 5.11 Å².